The van der Waals surface area contributed by atoms with Gasteiger partial charge in [0.15, 0.2) is 0 Å². The first-order chi connectivity index (χ1) is 17.0. The van der Waals surface area contributed by atoms with Crippen molar-refractivity contribution in [3.63, 3.8) is 0 Å². The minimum atomic E-state index is -0.519. The van der Waals surface area contributed by atoms with Crippen molar-refractivity contribution in [1.82, 2.24) is 9.80 Å². The summed E-state index contributed by atoms with van der Waals surface area (Å²) >= 11 is 0. The molecule has 0 N–H and O–H groups in total. The number of nitrogens with zero attached hydrogens (tertiary/aromatic N) is 3. The molecule has 3 amide bonds. The normalized spacial score (nSPS) is 21.4. The van der Waals surface area contributed by atoms with E-state index in [4.69, 9.17) is 4.74 Å². The Morgan fingerprint density at radius 1 is 1.20 bits per heavy atom. The molecule has 3 aliphatic heterocycles. The Bertz CT molecular complexity index is 1200. The fourth-order valence-corrected chi connectivity index (χ4v) is 5.26. The minimum Gasteiger partial charge on any atom is -0.445 e. The zero-order chi connectivity index (χ0) is 24.5. The third-order valence-corrected chi connectivity index (χ3v) is 6.88. The molecule has 0 spiro atoms. The fourth-order valence-electron chi connectivity index (χ4n) is 5.26. The van der Waals surface area contributed by atoms with E-state index in [0.717, 1.165) is 36.2 Å². The molecule has 0 aromatic heterocycles. The SMILES string of the molecule is C=CCOC(=O)N1CCCC(CN2C(=O)N3CC(c4cc(F)ccc4F)=C[C@H]3c3ccccc32)C1. The molecule has 6 nitrogen and oxygen atoms in total. The van der Waals surface area contributed by atoms with Crippen molar-refractivity contribution in [1.29, 1.82) is 0 Å². The first-order valence-electron chi connectivity index (χ1n) is 11.8. The number of hydrogen-bond donors (Lipinski definition) is 0. The Balaban J connectivity index is 1.38. The second-order valence-corrected chi connectivity index (χ2v) is 9.16. The average Bonchev–Trinajstić information content (AvgIpc) is 3.32. The van der Waals surface area contributed by atoms with Crippen LogP contribution in [0.5, 0.6) is 0 Å². The highest BCUT2D eigenvalue weighted by atomic mass is 19.1. The van der Waals surface area contributed by atoms with Gasteiger partial charge >= 0.3 is 12.1 Å². The highest BCUT2D eigenvalue weighted by molar-refractivity contribution is 5.98. The molecule has 0 bridgehead atoms. The van der Waals surface area contributed by atoms with Gasteiger partial charge in [0.2, 0.25) is 0 Å². The molecular weight excluding hydrogens is 452 g/mol. The summed E-state index contributed by atoms with van der Waals surface area (Å²) in [5.41, 5.74) is 2.52. The molecule has 1 fully saturated rings. The van der Waals surface area contributed by atoms with Crippen LogP contribution in [0.25, 0.3) is 5.57 Å². The number of benzene rings is 2. The summed E-state index contributed by atoms with van der Waals surface area (Å²) in [5.74, 6) is -0.945. The summed E-state index contributed by atoms with van der Waals surface area (Å²) in [5, 5.41) is 0. The Morgan fingerprint density at radius 3 is 2.86 bits per heavy atom. The summed E-state index contributed by atoms with van der Waals surface area (Å²) in [6.45, 7) is 5.51. The van der Waals surface area contributed by atoms with Gasteiger partial charge in [0.25, 0.3) is 0 Å². The van der Waals surface area contributed by atoms with Gasteiger partial charge in [0.05, 0.1) is 11.7 Å². The zero-order valence-electron chi connectivity index (χ0n) is 19.3. The Hall–Kier alpha value is -3.68. The molecule has 35 heavy (non-hydrogen) atoms. The largest absolute Gasteiger partial charge is 0.445 e. The van der Waals surface area contributed by atoms with Crippen molar-refractivity contribution in [3.05, 3.63) is 84.0 Å². The maximum Gasteiger partial charge on any atom is 0.410 e. The standard InChI is InChI=1S/C27H27F2N3O3/c1-2-12-35-27(34)30-11-5-6-18(15-30)16-31-24-8-4-3-7-21(24)25-13-19(17-32(25)26(31)33)22-14-20(28)9-10-23(22)29/h2-4,7-10,13-14,18,25H,1,5-6,11-12,15-17H2/t18?,25-/m0/s1. The average molecular weight is 480 g/mol. The minimum absolute atomic E-state index is 0.0873. The number of urea groups is 1. The van der Waals surface area contributed by atoms with Crippen molar-refractivity contribution in [2.45, 2.75) is 18.9 Å². The van der Waals surface area contributed by atoms with Crippen molar-refractivity contribution >= 4 is 23.4 Å². The predicted molar refractivity (Wildman–Crippen MR) is 129 cm³/mol. The molecule has 3 heterocycles. The van der Waals surface area contributed by atoms with E-state index < -0.39 is 11.6 Å². The Labute approximate surface area is 203 Å². The van der Waals surface area contributed by atoms with Gasteiger partial charge in [-0.1, -0.05) is 36.9 Å². The topological polar surface area (TPSA) is 53.1 Å². The molecule has 5 rings (SSSR count). The first-order valence-corrected chi connectivity index (χ1v) is 11.8. The van der Waals surface area contributed by atoms with Crippen molar-refractivity contribution < 1.29 is 23.1 Å². The van der Waals surface area contributed by atoms with E-state index in [1.807, 2.05) is 30.3 Å². The number of halogens is 2. The molecule has 0 aliphatic carbocycles. The van der Waals surface area contributed by atoms with Gasteiger partial charge < -0.3 is 14.5 Å². The van der Waals surface area contributed by atoms with Crippen LogP contribution in [0.3, 0.4) is 0 Å². The monoisotopic (exact) mass is 479 g/mol. The number of hydrogen-bond acceptors (Lipinski definition) is 3. The lowest BCUT2D eigenvalue weighted by molar-refractivity contribution is 0.0933. The van der Waals surface area contributed by atoms with Crippen LogP contribution in [0.15, 0.2) is 61.2 Å². The molecule has 8 heteroatoms. The summed E-state index contributed by atoms with van der Waals surface area (Å²) in [7, 11) is 0. The second kappa shape index (κ2) is 9.52. The number of anilines is 1. The molecule has 1 unspecified atom stereocenters. The third-order valence-electron chi connectivity index (χ3n) is 6.88. The quantitative estimate of drug-likeness (QED) is 0.541. The van der Waals surface area contributed by atoms with Crippen LogP contribution in [0.2, 0.25) is 0 Å². The summed E-state index contributed by atoms with van der Waals surface area (Å²) in [6, 6.07) is 10.5. The fraction of sp³-hybridized carbons (Fsp3) is 0.333. The molecule has 0 saturated carbocycles. The van der Waals surface area contributed by atoms with Gasteiger partial charge in [0.1, 0.15) is 18.2 Å². The number of carbonyl (C=O) groups excluding carboxylic acids is 2. The maximum absolute atomic E-state index is 14.5. The van der Waals surface area contributed by atoms with E-state index >= 15 is 0 Å². The molecule has 1 saturated heterocycles. The van der Waals surface area contributed by atoms with E-state index in [2.05, 4.69) is 6.58 Å². The zero-order valence-corrected chi connectivity index (χ0v) is 19.3. The van der Waals surface area contributed by atoms with Crippen LogP contribution < -0.4 is 4.90 Å². The number of likely N-dealkylation sites (tertiary alicyclic amines) is 1. The van der Waals surface area contributed by atoms with Gasteiger partial charge in [-0.25, -0.2) is 18.4 Å². The highest BCUT2D eigenvalue weighted by Gasteiger charge is 2.41. The molecular formula is C27H27F2N3O3. The number of carbonyl (C=O) groups is 2. The number of amides is 3. The van der Waals surface area contributed by atoms with Crippen molar-refractivity contribution in [2.75, 3.05) is 37.7 Å². The lowest BCUT2D eigenvalue weighted by atomic mass is 9.95. The number of piperidine rings is 1. The van der Waals surface area contributed by atoms with Crippen LogP contribution in [0.4, 0.5) is 24.1 Å². The van der Waals surface area contributed by atoms with Crippen LogP contribution in [0.1, 0.15) is 30.0 Å². The molecule has 2 aromatic carbocycles. The smallest absolute Gasteiger partial charge is 0.410 e. The third kappa shape index (κ3) is 4.40. The van der Waals surface area contributed by atoms with Gasteiger partial charge in [0, 0.05) is 37.3 Å². The number of fused-ring (bicyclic) bond motifs is 3. The molecule has 2 atom stereocenters. The van der Waals surface area contributed by atoms with Crippen LogP contribution in [-0.2, 0) is 4.74 Å². The van der Waals surface area contributed by atoms with E-state index in [1.54, 1.807) is 14.7 Å². The lowest BCUT2D eigenvalue weighted by Gasteiger charge is -2.42. The number of rotatable bonds is 5. The molecule has 182 valence electrons. The van der Waals surface area contributed by atoms with E-state index in [-0.39, 0.29) is 42.8 Å². The van der Waals surface area contributed by atoms with Gasteiger partial charge in [-0.3, -0.25) is 4.90 Å². The Morgan fingerprint density at radius 2 is 2.03 bits per heavy atom. The molecule has 2 aromatic rings. The summed E-state index contributed by atoms with van der Waals surface area (Å²) < 4.78 is 33.5. The number of ether oxygens (including phenoxy) is 1. The predicted octanol–water partition coefficient (Wildman–Crippen LogP) is 5.38. The summed E-state index contributed by atoms with van der Waals surface area (Å²) in [4.78, 5) is 31.1. The van der Waals surface area contributed by atoms with E-state index in [1.165, 1.54) is 12.1 Å². The Kier molecular flexibility index (Phi) is 6.28. The maximum atomic E-state index is 14.5. The second-order valence-electron chi connectivity index (χ2n) is 9.16. The first kappa shape index (κ1) is 23.1. The highest BCUT2D eigenvalue weighted by Crippen LogP contribution is 2.44. The number of para-hydroxylation sites is 1. The van der Waals surface area contributed by atoms with Gasteiger partial charge in [-0.2, -0.15) is 0 Å². The lowest BCUT2D eigenvalue weighted by Crippen LogP contribution is -2.51. The van der Waals surface area contributed by atoms with Gasteiger partial charge in [-0.15, -0.1) is 0 Å². The van der Waals surface area contributed by atoms with Crippen molar-refractivity contribution in [3.8, 4) is 0 Å². The van der Waals surface area contributed by atoms with E-state index in [0.29, 0.717) is 25.2 Å². The van der Waals surface area contributed by atoms with Crippen molar-refractivity contribution in [2.24, 2.45) is 5.92 Å². The molecule has 3 aliphatic rings. The van der Waals surface area contributed by atoms with Crippen LogP contribution >= 0.6 is 0 Å². The summed E-state index contributed by atoms with van der Waals surface area (Å²) in [6.07, 6.45) is 4.73. The van der Waals surface area contributed by atoms with Gasteiger partial charge in [-0.05, 0) is 48.6 Å². The van der Waals surface area contributed by atoms with E-state index in [9.17, 15) is 18.4 Å². The van der Waals surface area contributed by atoms with Crippen LogP contribution in [-0.4, -0.2) is 54.7 Å². The van der Waals surface area contributed by atoms with Crippen LogP contribution in [0, 0.1) is 17.6 Å². The molecule has 0 radical (unpaired) electrons.